The molecule has 18 heavy (non-hydrogen) atoms. The van der Waals surface area contributed by atoms with Crippen LogP contribution in [0, 0.1) is 0 Å². The lowest BCUT2D eigenvalue weighted by Crippen LogP contribution is -1.97. The molecule has 0 saturated heterocycles. The first-order valence-electron chi connectivity index (χ1n) is 7.40. The number of aryl methyl sites for hydroxylation is 1. The third kappa shape index (κ3) is 4.71. The first-order valence-corrected chi connectivity index (χ1v) is 7.40. The summed E-state index contributed by atoms with van der Waals surface area (Å²) in [5.74, 6) is 1.97. The van der Waals surface area contributed by atoms with Crippen molar-refractivity contribution in [2.24, 2.45) is 0 Å². The van der Waals surface area contributed by atoms with Gasteiger partial charge < -0.3 is 10.3 Å². The van der Waals surface area contributed by atoms with Crippen LogP contribution < -0.4 is 5.73 Å². The Labute approximate surface area is 111 Å². The van der Waals surface area contributed by atoms with Crippen LogP contribution in [-0.4, -0.2) is 5.16 Å². The summed E-state index contributed by atoms with van der Waals surface area (Å²) in [7, 11) is 0. The van der Waals surface area contributed by atoms with Crippen LogP contribution in [0.5, 0.6) is 0 Å². The molecule has 0 aliphatic heterocycles. The van der Waals surface area contributed by atoms with Crippen molar-refractivity contribution >= 4 is 5.82 Å². The average molecular weight is 252 g/mol. The van der Waals surface area contributed by atoms with Gasteiger partial charge >= 0.3 is 0 Å². The number of aromatic nitrogens is 1. The van der Waals surface area contributed by atoms with Gasteiger partial charge in [-0.1, -0.05) is 64.5 Å². The van der Waals surface area contributed by atoms with Gasteiger partial charge in [0.2, 0.25) is 0 Å². The van der Waals surface area contributed by atoms with Crippen LogP contribution in [0.3, 0.4) is 0 Å². The maximum Gasteiger partial charge on any atom is 0.170 e. The van der Waals surface area contributed by atoms with Gasteiger partial charge in [0.05, 0.1) is 0 Å². The Kier molecular flexibility index (Phi) is 6.84. The minimum Gasteiger partial charge on any atom is -0.381 e. The summed E-state index contributed by atoms with van der Waals surface area (Å²) in [6, 6.07) is 0. The smallest absolute Gasteiger partial charge is 0.170 e. The first-order chi connectivity index (χ1) is 8.66. The molecular weight excluding hydrogens is 224 g/mol. The highest BCUT2D eigenvalue weighted by molar-refractivity contribution is 5.42. The van der Waals surface area contributed by atoms with Crippen LogP contribution in [0.1, 0.15) is 83.0 Å². The van der Waals surface area contributed by atoms with Crippen molar-refractivity contribution in [3.63, 3.8) is 0 Å². The Hall–Kier alpha value is -0.990. The number of hydrogen-bond acceptors (Lipinski definition) is 3. The summed E-state index contributed by atoms with van der Waals surface area (Å²) in [6.07, 6.45) is 10.2. The number of nitrogens with zero attached hydrogens (tertiary/aromatic N) is 1. The van der Waals surface area contributed by atoms with Crippen LogP contribution in [0.25, 0.3) is 0 Å². The predicted molar refractivity (Wildman–Crippen MR) is 76.7 cm³/mol. The zero-order chi connectivity index (χ0) is 13.4. The highest BCUT2D eigenvalue weighted by atomic mass is 16.5. The van der Waals surface area contributed by atoms with Crippen molar-refractivity contribution in [2.75, 3.05) is 5.73 Å². The fourth-order valence-corrected chi connectivity index (χ4v) is 2.39. The number of anilines is 1. The van der Waals surface area contributed by atoms with Gasteiger partial charge in [-0.15, -0.1) is 0 Å². The number of nitrogens with two attached hydrogens (primary N) is 1. The second kappa shape index (κ2) is 8.17. The van der Waals surface area contributed by atoms with Gasteiger partial charge in [0.15, 0.2) is 5.82 Å². The van der Waals surface area contributed by atoms with Crippen molar-refractivity contribution in [3.05, 3.63) is 11.3 Å². The summed E-state index contributed by atoms with van der Waals surface area (Å²) in [6.45, 7) is 6.52. The predicted octanol–water partition coefficient (Wildman–Crippen LogP) is 4.67. The molecule has 1 rings (SSSR count). The van der Waals surface area contributed by atoms with E-state index in [1.165, 1.54) is 44.9 Å². The standard InChI is InChI=1S/C15H28N2O/c1-4-5-6-7-8-9-10-11-13-14(12(2)3)15(16)17-18-13/h12H,4-11H2,1-3H3,(H2,16,17). The molecule has 1 aromatic rings. The molecule has 0 aromatic carbocycles. The second-order valence-corrected chi connectivity index (χ2v) is 5.43. The molecule has 2 N–H and O–H groups in total. The molecular formula is C15H28N2O. The van der Waals surface area contributed by atoms with E-state index >= 15 is 0 Å². The molecule has 3 heteroatoms. The maximum atomic E-state index is 5.82. The number of hydrogen-bond donors (Lipinski definition) is 1. The molecule has 0 spiro atoms. The van der Waals surface area contributed by atoms with Crippen molar-refractivity contribution < 1.29 is 4.52 Å². The van der Waals surface area contributed by atoms with Crippen LogP contribution in [0.2, 0.25) is 0 Å². The normalized spacial score (nSPS) is 11.3. The zero-order valence-corrected chi connectivity index (χ0v) is 12.2. The first kappa shape index (κ1) is 15.1. The van der Waals surface area contributed by atoms with Crippen molar-refractivity contribution in [2.45, 2.75) is 78.1 Å². The molecule has 0 fully saturated rings. The van der Waals surface area contributed by atoms with Crippen molar-refractivity contribution in [1.29, 1.82) is 0 Å². The minimum atomic E-state index is 0.399. The summed E-state index contributed by atoms with van der Waals surface area (Å²) < 4.78 is 5.33. The maximum absolute atomic E-state index is 5.82. The third-order valence-electron chi connectivity index (χ3n) is 3.42. The largest absolute Gasteiger partial charge is 0.381 e. The number of unbranched alkanes of at least 4 members (excludes halogenated alkanes) is 6. The molecule has 0 aliphatic carbocycles. The number of nitrogen functional groups attached to an aromatic ring is 1. The van der Waals surface area contributed by atoms with Crippen LogP contribution >= 0.6 is 0 Å². The van der Waals surface area contributed by atoms with Crippen LogP contribution in [0.4, 0.5) is 5.82 Å². The van der Waals surface area contributed by atoms with E-state index in [-0.39, 0.29) is 0 Å². The Balaban J connectivity index is 2.23. The quantitative estimate of drug-likeness (QED) is 0.649. The topological polar surface area (TPSA) is 52.0 Å². The summed E-state index contributed by atoms with van der Waals surface area (Å²) in [4.78, 5) is 0. The SMILES string of the molecule is CCCCCCCCCc1onc(N)c1C(C)C. The van der Waals surface area contributed by atoms with E-state index in [1.54, 1.807) is 0 Å². The minimum absolute atomic E-state index is 0.399. The Morgan fingerprint density at radius 2 is 1.67 bits per heavy atom. The third-order valence-corrected chi connectivity index (χ3v) is 3.42. The van der Waals surface area contributed by atoms with Gasteiger partial charge in [-0.3, -0.25) is 0 Å². The monoisotopic (exact) mass is 252 g/mol. The molecule has 3 nitrogen and oxygen atoms in total. The van der Waals surface area contributed by atoms with Gasteiger partial charge in [-0.05, 0) is 12.3 Å². The molecule has 0 atom stereocenters. The van der Waals surface area contributed by atoms with E-state index in [2.05, 4.69) is 25.9 Å². The average Bonchev–Trinajstić information content (AvgIpc) is 2.69. The van der Waals surface area contributed by atoms with E-state index in [0.29, 0.717) is 11.7 Å². The van der Waals surface area contributed by atoms with Crippen molar-refractivity contribution in [3.8, 4) is 0 Å². The second-order valence-electron chi connectivity index (χ2n) is 5.43. The molecule has 0 bridgehead atoms. The lowest BCUT2D eigenvalue weighted by atomic mass is 10.00. The summed E-state index contributed by atoms with van der Waals surface area (Å²) in [5, 5.41) is 3.88. The van der Waals surface area contributed by atoms with Gasteiger partial charge in [0.1, 0.15) is 5.76 Å². The van der Waals surface area contributed by atoms with Crippen LogP contribution in [0.15, 0.2) is 4.52 Å². The van der Waals surface area contributed by atoms with E-state index < -0.39 is 0 Å². The van der Waals surface area contributed by atoms with E-state index in [0.717, 1.165) is 17.7 Å². The highest BCUT2D eigenvalue weighted by Gasteiger charge is 2.16. The Morgan fingerprint density at radius 3 is 2.28 bits per heavy atom. The molecule has 104 valence electrons. The molecule has 0 amide bonds. The van der Waals surface area contributed by atoms with Crippen molar-refractivity contribution in [1.82, 2.24) is 5.16 Å². The molecule has 1 aromatic heterocycles. The molecule has 1 heterocycles. The fourth-order valence-electron chi connectivity index (χ4n) is 2.39. The van der Waals surface area contributed by atoms with E-state index in [9.17, 15) is 0 Å². The van der Waals surface area contributed by atoms with E-state index in [4.69, 9.17) is 10.3 Å². The molecule has 0 saturated carbocycles. The Bertz CT molecular complexity index is 331. The fraction of sp³-hybridized carbons (Fsp3) is 0.800. The summed E-state index contributed by atoms with van der Waals surface area (Å²) in [5.41, 5.74) is 6.93. The van der Waals surface area contributed by atoms with Gasteiger partial charge in [0.25, 0.3) is 0 Å². The van der Waals surface area contributed by atoms with Gasteiger partial charge in [-0.25, -0.2) is 0 Å². The van der Waals surface area contributed by atoms with Gasteiger partial charge in [-0.2, -0.15) is 0 Å². The Morgan fingerprint density at radius 1 is 1.06 bits per heavy atom. The van der Waals surface area contributed by atoms with Gasteiger partial charge in [0, 0.05) is 12.0 Å². The lowest BCUT2D eigenvalue weighted by molar-refractivity contribution is 0.378. The highest BCUT2D eigenvalue weighted by Crippen LogP contribution is 2.26. The van der Waals surface area contributed by atoms with E-state index in [1.807, 2.05) is 0 Å². The molecule has 0 radical (unpaired) electrons. The summed E-state index contributed by atoms with van der Waals surface area (Å²) >= 11 is 0. The number of rotatable bonds is 9. The lowest BCUT2D eigenvalue weighted by Gasteiger charge is -2.05. The molecule has 0 aliphatic rings. The zero-order valence-electron chi connectivity index (χ0n) is 12.2. The molecule has 0 unspecified atom stereocenters. The van der Waals surface area contributed by atoms with Crippen LogP contribution in [-0.2, 0) is 6.42 Å².